The molecule has 0 aromatic heterocycles. The molecule has 16 heavy (non-hydrogen) atoms. The van der Waals surface area contributed by atoms with Gasteiger partial charge in [-0.2, -0.15) is 0 Å². The molecule has 0 saturated heterocycles. The van der Waals surface area contributed by atoms with Gasteiger partial charge in [0.25, 0.3) is 0 Å². The van der Waals surface area contributed by atoms with Gasteiger partial charge in [-0.3, -0.25) is 4.79 Å². The van der Waals surface area contributed by atoms with Gasteiger partial charge in [0, 0.05) is 0 Å². The van der Waals surface area contributed by atoms with E-state index >= 15 is 0 Å². The van der Waals surface area contributed by atoms with E-state index in [0.717, 1.165) is 5.75 Å². The maximum Gasteiger partial charge on any atom is 0.221 e. The Hall–Kier alpha value is -1.51. The minimum Gasteiger partial charge on any atom is -0.490 e. The molecular formula is C13H19NO2. The highest BCUT2D eigenvalue weighted by Crippen LogP contribution is 2.21. The normalized spacial score (nSPS) is 12.5. The summed E-state index contributed by atoms with van der Waals surface area (Å²) in [6, 6.07) is 7.92. The molecule has 0 aliphatic rings. The Morgan fingerprint density at radius 3 is 2.62 bits per heavy atom. The molecule has 0 spiro atoms. The zero-order valence-corrected chi connectivity index (χ0v) is 10.1. The van der Waals surface area contributed by atoms with Crippen LogP contribution in [-0.4, -0.2) is 12.0 Å². The summed E-state index contributed by atoms with van der Waals surface area (Å²) >= 11 is 0. The molecule has 0 heterocycles. The van der Waals surface area contributed by atoms with Crippen molar-refractivity contribution in [2.45, 2.75) is 39.2 Å². The number of nitrogens with two attached hydrogens (primary N) is 1. The molecule has 88 valence electrons. The highest BCUT2D eigenvalue weighted by molar-refractivity contribution is 5.74. The van der Waals surface area contributed by atoms with Gasteiger partial charge in [-0.15, -0.1) is 0 Å². The zero-order chi connectivity index (χ0) is 12.1. The van der Waals surface area contributed by atoms with Gasteiger partial charge in [-0.05, 0) is 30.5 Å². The summed E-state index contributed by atoms with van der Waals surface area (Å²) in [7, 11) is 0. The van der Waals surface area contributed by atoms with Crippen molar-refractivity contribution in [2.24, 2.45) is 5.73 Å². The van der Waals surface area contributed by atoms with Gasteiger partial charge in [0.2, 0.25) is 5.91 Å². The van der Waals surface area contributed by atoms with Crippen LogP contribution in [-0.2, 0) is 4.79 Å². The second-order valence-electron chi connectivity index (χ2n) is 4.33. The van der Waals surface area contributed by atoms with Crippen LogP contribution in [0, 0.1) is 0 Å². The molecule has 0 bridgehead atoms. The lowest BCUT2D eigenvalue weighted by Crippen LogP contribution is -2.22. The second kappa shape index (κ2) is 5.54. The molecule has 1 aromatic carbocycles. The van der Waals surface area contributed by atoms with Gasteiger partial charge in [0.05, 0.1) is 6.42 Å². The Kier molecular flexibility index (Phi) is 4.35. The van der Waals surface area contributed by atoms with E-state index in [1.165, 1.54) is 5.56 Å². The number of amides is 1. The molecule has 1 atom stereocenters. The topological polar surface area (TPSA) is 52.3 Å². The standard InChI is InChI=1S/C13H19NO2/c1-9(2)11-5-4-6-12(8-11)16-10(3)7-13(14)15/h4-6,8-10H,7H2,1-3H3,(H2,14,15). The van der Waals surface area contributed by atoms with Gasteiger partial charge in [0.15, 0.2) is 0 Å². The third-order valence-electron chi connectivity index (χ3n) is 2.35. The predicted molar refractivity (Wildman–Crippen MR) is 64.4 cm³/mol. The van der Waals surface area contributed by atoms with E-state index in [2.05, 4.69) is 19.9 Å². The van der Waals surface area contributed by atoms with Crippen molar-refractivity contribution in [3.05, 3.63) is 29.8 Å². The monoisotopic (exact) mass is 221 g/mol. The van der Waals surface area contributed by atoms with Crippen molar-refractivity contribution in [1.82, 2.24) is 0 Å². The van der Waals surface area contributed by atoms with Crippen molar-refractivity contribution in [2.75, 3.05) is 0 Å². The van der Waals surface area contributed by atoms with E-state index in [9.17, 15) is 4.79 Å². The Morgan fingerprint density at radius 2 is 2.06 bits per heavy atom. The minimum atomic E-state index is -0.340. The highest BCUT2D eigenvalue weighted by atomic mass is 16.5. The van der Waals surface area contributed by atoms with Gasteiger partial charge in [-0.25, -0.2) is 0 Å². The lowest BCUT2D eigenvalue weighted by atomic mass is 10.0. The van der Waals surface area contributed by atoms with Crippen LogP contribution in [0.4, 0.5) is 0 Å². The first-order valence-corrected chi connectivity index (χ1v) is 5.54. The van der Waals surface area contributed by atoms with E-state index in [1.807, 2.05) is 25.1 Å². The van der Waals surface area contributed by atoms with Gasteiger partial charge < -0.3 is 10.5 Å². The number of benzene rings is 1. The average molecular weight is 221 g/mol. The molecule has 3 heteroatoms. The number of hydrogen-bond donors (Lipinski definition) is 1. The Morgan fingerprint density at radius 1 is 1.38 bits per heavy atom. The summed E-state index contributed by atoms with van der Waals surface area (Å²) in [6.45, 7) is 6.10. The summed E-state index contributed by atoms with van der Waals surface area (Å²) in [5, 5.41) is 0. The van der Waals surface area contributed by atoms with Crippen LogP contribution in [0.25, 0.3) is 0 Å². The molecule has 0 fully saturated rings. The van der Waals surface area contributed by atoms with Crippen molar-refractivity contribution in [3.8, 4) is 5.75 Å². The lowest BCUT2D eigenvalue weighted by Gasteiger charge is -2.14. The molecule has 1 unspecified atom stereocenters. The van der Waals surface area contributed by atoms with Gasteiger partial charge in [0.1, 0.15) is 11.9 Å². The molecule has 0 radical (unpaired) electrons. The number of rotatable bonds is 5. The molecular weight excluding hydrogens is 202 g/mol. The number of primary amides is 1. The maximum atomic E-state index is 10.7. The molecule has 1 rings (SSSR count). The summed E-state index contributed by atoms with van der Waals surface area (Å²) < 4.78 is 5.62. The first-order chi connectivity index (χ1) is 7.49. The fourth-order valence-electron chi connectivity index (χ4n) is 1.50. The SMILES string of the molecule is CC(CC(N)=O)Oc1cccc(C(C)C)c1. The maximum absolute atomic E-state index is 10.7. The zero-order valence-electron chi connectivity index (χ0n) is 10.1. The number of hydrogen-bond acceptors (Lipinski definition) is 2. The van der Waals surface area contributed by atoms with E-state index in [0.29, 0.717) is 5.92 Å². The number of ether oxygens (including phenoxy) is 1. The average Bonchev–Trinajstić information content (AvgIpc) is 2.16. The number of carbonyl (C=O) groups is 1. The third kappa shape index (κ3) is 3.93. The Labute approximate surface area is 96.6 Å². The molecule has 0 saturated carbocycles. The Balaban J connectivity index is 2.66. The first kappa shape index (κ1) is 12.6. The summed E-state index contributed by atoms with van der Waals surface area (Å²) in [5.41, 5.74) is 6.33. The van der Waals surface area contributed by atoms with E-state index in [1.54, 1.807) is 0 Å². The highest BCUT2D eigenvalue weighted by Gasteiger charge is 2.08. The first-order valence-electron chi connectivity index (χ1n) is 5.54. The minimum absolute atomic E-state index is 0.181. The van der Waals surface area contributed by atoms with Gasteiger partial charge >= 0.3 is 0 Å². The quantitative estimate of drug-likeness (QED) is 0.830. The van der Waals surface area contributed by atoms with Crippen LogP contribution < -0.4 is 10.5 Å². The number of carbonyl (C=O) groups excluding carboxylic acids is 1. The smallest absolute Gasteiger partial charge is 0.221 e. The molecule has 2 N–H and O–H groups in total. The lowest BCUT2D eigenvalue weighted by molar-refractivity contribution is -0.119. The predicted octanol–water partition coefficient (Wildman–Crippen LogP) is 2.45. The summed E-state index contributed by atoms with van der Waals surface area (Å²) in [4.78, 5) is 10.7. The van der Waals surface area contributed by atoms with Crippen LogP contribution >= 0.6 is 0 Å². The molecule has 0 aliphatic carbocycles. The van der Waals surface area contributed by atoms with E-state index in [4.69, 9.17) is 10.5 Å². The summed E-state index contributed by atoms with van der Waals surface area (Å²) in [5.74, 6) is 0.919. The van der Waals surface area contributed by atoms with Crippen LogP contribution in [0.15, 0.2) is 24.3 Å². The van der Waals surface area contributed by atoms with Crippen molar-refractivity contribution >= 4 is 5.91 Å². The van der Waals surface area contributed by atoms with Crippen LogP contribution in [0.3, 0.4) is 0 Å². The van der Waals surface area contributed by atoms with Crippen LogP contribution in [0.5, 0.6) is 5.75 Å². The van der Waals surface area contributed by atoms with Gasteiger partial charge in [-0.1, -0.05) is 26.0 Å². The Bertz CT molecular complexity index is 361. The van der Waals surface area contributed by atoms with Crippen molar-refractivity contribution in [1.29, 1.82) is 0 Å². The van der Waals surface area contributed by atoms with Crippen molar-refractivity contribution < 1.29 is 9.53 Å². The third-order valence-corrected chi connectivity index (χ3v) is 2.35. The molecule has 1 aromatic rings. The van der Waals surface area contributed by atoms with Crippen LogP contribution in [0.2, 0.25) is 0 Å². The molecule has 3 nitrogen and oxygen atoms in total. The fourth-order valence-corrected chi connectivity index (χ4v) is 1.50. The van der Waals surface area contributed by atoms with Crippen LogP contribution in [0.1, 0.15) is 38.7 Å². The van der Waals surface area contributed by atoms with Crippen molar-refractivity contribution in [3.63, 3.8) is 0 Å². The summed E-state index contributed by atoms with van der Waals surface area (Å²) in [6.07, 6.45) is 0.0613. The second-order valence-corrected chi connectivity index (χ2v) is 4.33. The molecule has 1 amide bonds. The largest absolute Gasteiger partial charge is 0.490 e. The fraction of sp³-hybridized carbons (Fsp3) is 0.462. The van der Waals surface area contributed by atoms with E-state index < -0.39 is 0 Å². The van der Waals surface area contributed by atoms with E-state index in [-0.39, 0.29) is 18.4 Å². The molecule has 0 aliphatic heterocycles.